The summed E-state index contributed by atoms with van der Waals surface area (Å²) < 4.78 is 0. The van der Waals surface area contributed by atoms with Gasteiger partial charge in [0.1, 0.15) is 0 Å². The van der Waals surface area contributed by atoms with Crippen molar-refractivity contribution < 1.29 is 0 Å². The Labute approximate surface area is 74.0 Å². The van der Waals surface area contributed by atoms with E-state index in [0.29, 0.717) is 5.92 Å². The quantitative estimate of drug-likeness (QED) is 0.640. The van der Waals surface area contributed by atoms with Gasteiger partial charge in [-0.2, -0.15) is 5.26 Å². The lowest BCUT2D eigenvalue weighted by atomic mass is 9.63. The molecule has 0 radical (unpaired) electrons. The highest BCUT2D eigenvalue weighted by Crippen LogP contribution is 2.45. The Morgan fingerprint density at radius 1 is 1.33 bits per heavy atom. The van der Waals surface area contributed by atoms with E-state index >= 15 is 0 Å². The summed E-state index contributed by atoms with van der Waals surface area (Å²) in [7, 11) is 0. The van der Waals surface area contributed by atoms with Gasteiger partial charge in [0.15, 0.2) is 0 Å². The summed E-state index contributed by atoms with van der Waals surface area (Å²) in [6.45, 7) is 2.05. The van der Waals surface area contributed by atoms with E-state index in [1.165, 1.54) is 25.7 Å². The van der Waals surface area contributed by atoms with E-state index < -0.39 is 0 Å². The van der Waals surface area contributed by atoms with Crippen LogP contribution in [0.2, 0.25) is 0 Å². The zero-order chi connectivity index (χ0) is 8.44. The summed E-state index contributed by atoms with van der Waals surface area (Å²) >= 11 is 0. The minimum atomic E-state index is 0.0104. The average molecular weight is 164 g/mol. The van der Waals surface area contributed by atoms with Crippen LogP contribution >= 0.6 is 0 Å². The third kappa shape index (κ3) is 1.13. The fraction of sp³-hybridized carbons (Fsp3) is 0.900. The van der Waals surface area contributed by atoms with Gasteiger partial charge in [0, 0.05) is 6.54 Å². The first-order valence-corrected chi connectivity index (χ1v) is 4.99. The minimum Gasteiger partial charge on any atom is -0.315 e. The zero-order valence-electron chi connectivity index (χ0n) is 7.47. The Morgan fingerprint density at radius 3 is 2.58 bits per heavy atom. The molecule has 0 aromatic rings. The van der Waals surface area contributed by atoms with Crippen LogP contribution in [0.5, 0.6) is 0 Å². The third-order valence-corrected chi connectivity index (χ3v) is 3.53. The van der Waals surface area contributed by atoms with Gasteiger partial charge in [0.05, 0.1) is 11.5 Å². The Morgan fingerprint density at radius 2 is 2.17 bits per heavy atom. The Balaban J connectivity index is 2.06. The molecule has 0 bridgehead atoms. The van der Waals surface area contributed by atoms with E-state index in [4.69, 9.17) is 0 Å². The number of nitriles is 1. The maximum absolute atomic E-state index is 9.19. The van der Waals surface area contributed by atoms with Crippen LogP contribution in [0, 0.1) is 22.7 Å². The summed E-state index contributed by atoms with van der Waals surface area (Å²) in [5, 5.41) is 12.5. The molecule has 1 saturated heterocycles. The first-order valence-electron chi connectivity index (χ1n) is 4.99. The Bertz CT molecular complexity index is 194. The largest absolute Gasteiger partial charge is 0.315 e. The molecule has 1 aliphatic carbocycles. The molecular formula is C10H16N2. The SMILES string of the molecule is N#CC1(C2CCC2)CCCNC1. The van der Waals surface area contributed by atoms with Crippen molar-refractivity contribution in [1.29, 1.82) is 5.26 Å². The fourth-order valence-corrected chi connectivity index (χ4v) is 2.42. The van der Waals surface area contributed by atoms with Crippen molar-refractivity contribution in [2.45, 2.75) is 32.1 Å². The topological polar surface area (TPSA) is 35.8 Å². The van der Waals surface area contributed by atoms with Crippen LogP contribution in [-0.2, 0) is 0 Å². The van der Waals surface area contributed by atoms with E-state index in [1.54, 1.807) is 0 Å². The van der Waals surface area contributed by atoms with Crippen molar-refractivity contribution in [3.8, 4) is 6.07 Å². The van der Waals surface area contributed by atoms with Crippen molar-refractivity contribution in [2.75, 3.05) is 13.1 Å². The van der Waals surface area contributed by atoms with Crippen LogP contribution in [0.1, 0.15) is 32.1 Å². The number of piperidine rings is 1. The van der Waals surface area contributed by atoms with Crippen LogP contribution in [-0.4, -0.2) is 13.1 Å². The molecule has 2 fully saturated rings. The van der Waals surface area contributed by atoms with Gasteiger partial charge >= 0.3 is 0 Å². The van der Waals surface area contributed by atoms with Crippen LogP contribution < -0.4 is 5.32 Å². The molecule has 0 aromatic carbocycles. The molecule has 1 atom stereocenters. The second-order valence-electron chi connectivity index (χ2n) is 4.18. The standard InChI is InChI=1S/C10H16N2/c11-7-10(9-3-1-4-9)5-2-6-12-8-10/h9,12H,1-6,8H2. The molecular weight excluding hydrogens is 148 g/mol. The molecule has 1 saturated carbocycles. The summed E-state index contributed by atoms with van der Waals surface area (Å²) in [6.07, 6.45) is 6.23. The maximum Gasteiger partial charge on any atom is 0.0726 e. The van der Waals surface area contributed by atoms with E-state index in [1.807, 2.05) is 0 Å². The van der Waals surface area contributed by atoms with E-state index in [2.05, 4.69) is 11.4 Å². The van der Waals surface area contributed by atoms with Gasteiger partial charge in [-0.1, -0.05) is 6.42 Å². The molecule has 0 amide bonds. The number of nitrogens with zero attached hydrogens (tertiary/aromatic N) is 1. The van der Waals surface area contributed by atoms with Crippen molar-refractivity contribution in [1.82, 2.24) is 5.32 Å². The molecule has 2 heteroatoms. The summed E-state index contributed by atoms with van der Waals surface area (Å²) in [5.41, 5.74) is 0.0104. The van der Waals surface area contributed by atoms with Crippen LogP contribution in [0.15, 0.2) is 0 Å². The van der Waals surface area contributed by atoms with E-state index in [-0.39, 0.29) is 5.41 Å². The molecule has 66 valence electrons. The van der Waals surface area contributed by atoms with Crippen LogP contribution in [0.3, 0.4) is 0 Å². The Kier molecular flexibility index (Phi) is 2.06. The summed E-state index contributed by atoms with van der Waals surface area (Å²) in [5.74, 6) is 0.704. The monoisotopic (exact) mass is 164 g/mol. The lowest BCUT2D eigenvalue weighted by Crippen LogP contribution is -2.46. The molecule has 2 rings (SSSR count). The predicted molar refractivity (Wildman–Crippen MR) is 47.5 cm³/mol. The van der Waals surface area contributed by atoms with Crippen LogP contribution in [0.4, 0.5) is 0 Å². The third-order valence-electron chi connectivity index (χ3n) is 3.53. The van der Waals surface area contributed by atoms with Gasteiger partial charge in [-0.05, 0) is 38.1 Å². The molecule has 2 nitrogen and oxygen atoms in total. The molecule has 1 aliphatic heterocycles. The van der Waals surface area contributed by atoms with Gasteiger partial charge in [0.2, 0.25) is 0 Å². The second kappa shape index (κ2) is 3.06. The van der Waals surface area contributed by atoms with Crippen molar-refractivity contribution >= 4 is 0 Å². The fourth-order valence-electron chi connectivity index (χ4n) is 2.42. The molecule has 0 spiro atoms. The number of rotatable bonds is 1. The van der Waals surface area contributed by atoms with Crippen molar-refractivity contribution in [2.24, 2.45) is 11.3 Å². The molecule has 1 unspecified atom stereocenters. The highest BCUT2D eigenvalue weighted by atomic mass is 14.9. The number of hydrogen-bond acceptors (Lipinski definition) is 2. The molecule has 1 N–H and O–H groups in total. The maximum atomic E-state index is 9.19. The molecule has 12 heavy (non-hydrogen) atoms. The Hall–Kier alpha value is -0.550. The van der Waals surface area contributed by atoms with Gasteiger partial charge in [0.25, 0.3) is 0 Å². The van der Waals surface area contributed by atoms with Gasteiger partial charge in [-0.3, -0.25) is 0 Å². The number of nitrogens with one attached hydrogen (secondary N) is 1. The van der Waals surface area contributed by atoms with Gasteiger partial charge in [-0.25, -0.2) is 0 Å². The molecule has 0 aromatic heterocycles. The minimum absolute atomic E-state index is 0.0104. The highest BCUT2D eigenvalue weighted by Gasteiger charge is 2.42. The highest BCUT2D eigenvalue weighted by molar-refractivity contribution is 5.08. The van der Waals surface area contributed by atoms with Crippen LogP contribution in [0.25, 0.3) is 0 Å². The summed E-state index contributed by atoms with van der Waals surface area (Å²) in [4.78, 5) is 0. The predicted octanol–water partition coefficient (Wildman–Crippen LogP) is 1.68. The first kappa shape index (κ1) is 8.07. The van der Waals surface area contributed by atoms with E-state index in [9.17, 15) is 5.26 Å². The molecule has 1 heterocycles. The zero-order valence-corrected chi connectivity index (χ0v) is 7.47. The van der Waals surface area contributed by atoms with Crippen molar-refractivity contribution in [3.63, 3.8) is 0 Å². The second-order valence-corrected chi connectivity index (χ2v) is 4.18. The first-order chi connectivity index (χ1) is 5.87. The smallest absolute Gasteiger partial charge is 0.0726 e. The average Bonchev–Trinajstić information content (AvgIpc) is 2.03. The van der Waals surface area contributed by atoms with Gasteiger partial charge < -0.3 is 5.32 Å². The van der Waals surface area contributed by atoms with Gasteiger partial charge in [-0.15, -0.1) is 0 Å². The summed E-state index contributed by atoms with van der Waals surface area (Å²) in [6, 6.07) is 2.56. The molecule has 2 aliphatic rings. The number of hydrogen-bond donors (Lipinski definition) is 1. The lowest BCUT2D eigenvalue weighted by Gasteiger charge is -2.43. The van der Waals surface area contributed by atoms with Crippen molar-refractivity contribution in [3.05, 3.63) is 0 Å². The normalized spacial score (nSPS) is 36.9. The van der Waals surface area contributed by atoms with E-state index in [0.717, 1.165) is 19.5 Å². The lowest BCUT2D eigenvalue weighted by molar-refractivity contribution is 0.108.